The maximum absolute atomic E-state index is 12.3. The van der Waals surface area contributed by atoms with E-state index in [2.05, 4.69) is 15.0 Å². The molecule has 4 heterocycles. The number of likely N-dealkylation sites (tertiary alicyclic amines) is 1. The van der Waals surface area contributed by atoms with E-state index >= 15 is 0 Å². The van der Waals surface area contributed by atoms with Crippen LogP contribution in [-0.2, 0) is 11.3 Å². The lowest BCUT2D eigenvalue weighted by atomic mass is 10.2. The Hall–Kier alpha value is -1.70. The molecular formula is C18H24N4O2S. The van der Waals surface area contributed by atoms with Crippen molar-refractivity contribution in [2.24, 2.45) is 0 Å². The van der Waals surface area contributed by atoms with Crippen molar-refractivity contribution in [1.82, 2.24) is 19.9 Å². The zero-order valence-corrected chi connectivity index (χ0v) is 15.2. The molecule has 2 aromatic rings. The Balaban J connectivity index is 1.24. The summed E-state index contributed by atoms with van der Waals surface area (Å²) in [4.78, 5) is 20.0. The Bertz CT molecular complexity index is 686. The highest BCUT2D eigenvalue weighted by Crippen LogP contribution is 2.25. The van der Waals surface area contributed by atoms with Crippen LogP contribution in [0.3, 0.4) is 0 Å². The fourth-order valence-electron chi connectivity index (χ4n) is 3.51. The Labute approximate surface area is 152 Å². The number of rotatable bonds is 5. The van der Waals surface area contributed by atoms with Crippen LogP contribution in [0.1, 0.15) is 18.5 Å². The van der Waals surface area contributed by atoms with Crippen molar-refractivity contribution in [2.75, 3.05) is 45.8 Å². The van der Waals surface area contributed by atoms with Gasteiger partial charge in [-0.15, -0.1) is 11.3 Å². The Morgan fingerprint density at radius 3 is 2.60 bits per heavy atom. The molecule has 134 valence electrons. The summed E-state index contributed by atoms with van der Waals surface area (Å²) in [5.74, 6) is 1.14. The van der Waals surface area contributed by atoms with Gasteiger partial charge in [0.2, 0.25) is 5.91 Å². The highest BCUT2D eigenvalue weighted by molar-refractivity contribution is 7.13. The van der Waals surface area contributed by atoms with Gasteiger partial charge in [-0.05, 0) is 24.3 Å². The summed E-state index contributed by atoms with van der Waals surface area (Å²) in [6.07, 6.45) is 2.31. The molecule has 2 aliphatic heterocycles. The van der Waals surface area contributed by atoms with E-state index in [1.165, 1.54) is 0 Å². The molecule has 0 aromatic carbocycles. The largest absolute Gasteiger partial charge is 0.355 e. The van der Waals surface area contributed by atoms with Crippen LogP contribution in [0, 0.1) is 0 Å². The summed E-state index contributed by atoms with van der Waals surface area (Å²) < 4.78 is 5.45. The van der Waals surface area contributed by atoms with Crippen LogP contribution in [0.5, 0.6) is 0 Å². The zero-order chi connectivity index (χ0) is 17.1. The highest BCUT2D eigenvalue weighted by Gasteiger charge is 2.23. The van der Waals surface area contributed by atoms with E-state index in [9.17, 15) is 4.79 Å². The second-order valence-electron chi connectivity index (χ2n) is 6.80. The Morgan fingerprint density at radius 1 is 1.12 bits per heavy atom. The molecule has 1 amide bonds. The lowest BCUT2D eigenvalue weighted by Crippen LogP contribution is -2.49. The molecule has 0 unspecified atom stereocenters. The maximum atomic E-state index is 12.3. The van der Waals surface area contributed by atoms with Gasteiger partial charge in [0.05, 0.1) is 17.1 Å². The first-order valence-electron chi connectivity index (χ1n) is 9.00. The van der Waals surface area contributed by atoms with E-state index in [1.807, 2.05) is 28.5 Å². The first kappa shape index (κ1) is 16.8. The standard InChI is InChI=1S/C18H24N4O2S/c23-18(22-5-1-2-6-22)14-21-9-7-20(8-10-21)13-15-12-16(24-19-15)17-4-3-11-25-17/h3-4,11-12H,1-2,5-10,13-14H2. The lowest BCUT2D eigenvalue weighted by Gasteiger charge is -2.34. The topological polar surface area (TPSA) is 52.8 Å². The van der Waals surface area contributed by atoms with E-state index in [4.69, 9.17) is 4.52 Å². The number of piperazine rings is 1. The molecule has 7 heteroatoms. The third kappa shape index (κ3) is 4.11. The lowest BCUT2D eigenvalue weighted by molar-refractivity contribution is -0.131. The van der Waals surface area contributed by atoms with E-state index in [0.29, 0.717) is 12.5 Å². The third-order valence-corrected chi connectivity index (χ3v) is 5.88. The summed E-state index contributed by atoms with van der Waals surface area (Å²) in [7, 11) is 0. The molecule has 0 saturated carbocycles. The average Bonchev–Trinajstić information content (AvgIpc) is 3.38. The molecule has 25 heavy (non-hydrogen) atoms. The zero-order valence-electron chi connectivity index (χ0n) is 14.4. The number of amides is 1. The molecule has 0 aliphatic carbocycles. The Kier molecular flexibility index (Phi) is 5.14. The summed E-state index contributed by atoms with van der Waals surface area (Å²) in [5, 5.41) is 6.24. The number of aromatic nitrogens is 1. The van der Waals surface area contributed by atoms with E-state index in [-0.39, 0.29) is 0 Å². The summed E-state index contributed by atoms with van der Waals surface area (Å²) in [6, 6.07) is 6.10. The van der Waals surface area contributed by atoms with E-state index in [0.717, 1.165) is 75.0 Å². The van der Waals surface area contributed by atoms with Gasteiger partial charge in [0.25, 0.3) is 0 Å². The number of hydrogen-bond acceptors (Lipinski definition) is 6. The van der Waals surface area contributed by atoms with Crippen LogP contribution < -0.4 is 0 Å². The molecule has 0 bridgehead atoms. The molecule has 4 rings (SSSR count). The van der Waals surface area contributed by atoms with Gasteiger partial charge in [0.1, 0.15) is 0 Å². The third-order valence-electron chi connectivity index (χ3n) is 4.99. The number of hydrogen-bond donors (Lipinski definition) is 0. The smallest absolute Gasteiger partial charge is 0.236 e. The number of nitrogens with zero attached hydrogens (tertiary/aromatic N) is 4. The van der Waals surface area contributed by atoms with Crippen molar-refractivity contribution < 1.29 is 9.32 Å². The molecule has 2 aliphatic rings. The highest BCUT2D eigenvalue weighted by atomic mass is 32.1. The minimum atomic E-state index is 0.294. The summed E-state index contributed by atoms with van der Waals surface area (Å²) >= 11 is 1.66. The Morgan fingerprint density at radius 2 is 1.88 bits per heavy atom. The molecular weight excluding hydrogens is 336 g/mol. The average molecular weight is 360 g/mol. The van der Waals surface area contributed by atoms with Crippen LogP contribution in [0.25, 0.3) is 10.6 Å². The maximum Gasteiger partial charge on any atom is 0.236 e. The van der Waals surface area contributed by atoms with Gasteiger partial charge in [-0.25, -0.2) is 0 Å². The molecule has 2 aromatic heterocycles. The normalized spacial score (nSPS) is 19.6. The number of carbonyl (C=O) groups is 1. The van der Waals surface area contributed by atoms with Crippen LogP contribution in [0.2, 0.25) is 0 Å². The first-order valence-corrected chi connectivity index (χ1v) is 9.88. The van der Waals surface area contributed by atoms with E-state index in [1.54, 1.807) is 11.3 Å². The van der Waals surface area contributed by atoms with Crippen LogP contribution >= 0.6 is 11.3 Å². The van der Waals surface area contributed by atoms with Gasteiger partial charge in [0, 0.05) is 51.9 Å². The van der Waals surface area contributed by atoms with Crippen molar-refractivity contribution in [2.45, 2.75) is 19.4 Å². The van der Waals surface area contributed by atoms with Gasteiger partial charge < -0.3 is 9.42 Å². The second-order valence-corrected chi connectivity index (χ2v) is 7.75. The van der Waals surface area contributed by atoms with Gasteiger partial charge in [-0.1, -0.05) is 11.2 Å². The SMILES string of the molecule is O=C(CN1CCN(Cc2cc(-c3cccs3)on2)CC1)N1CCCC1. The van der Waals surface area contributed by atoms with Crippen LogP contribution in [-0.4, -0.2) is 71.6 Å². The molecule has 0 radical (unpaired) electrons. The van der Waals surface area contributed by atoms with Gasteiger partial charge in [-0.3, -0.25) is 14.6 Å². The summed E-state index contributed by atoms with van der Waals surface area (Å²) in [6.45, 7) is 7.07. The van der Waals surface area contributed by atoms with Crippen molar-refractivity contribution in [3.05, 3.63) is 29.3 Å². The predicted molar refractivity (Wildman–Crippen MR) is 97.3 cm³/mol. The fourth-order valence-corrected chi connectivity index (χ4v) is 4.19. The van der Waals surface area contributed by atoms with Crippen LogP contribution in [0.4, 0.5) is 0 Å². The first-order chi connectivity index (χ1) is 12.3. The van der Waals surface area contributed by atoms with Crippen molar-refractivity contribution in [3.63, 3.8) is 0 Å². The molecule has 0 N–H and O–H groups in total. The predicted octanol–water partition coefficient (Wildman–Crippen LogP) is 2.14. The second kappa shape index (κ2) is 7.68. The number of thiophene rings is 1. The summed E-state index contributed by atoms with van der Waals surface area (Å²) in [5.41, 5.74) is 0.977. The quantitative estimate of drug-likeness (QED) is 0.818. The molecule has 6 nitrogen and oxygen atoms in total. The molecule has 2 fully saturated rings. The van der Waals surface area contributed by atoms with Crippen molar-refractivity contribution in [3.8, 4) is 10.6 Å². The van der Waals surface area contributed by atoms with Gasteiger partial charge in [0.15, 0.2) is 5.76 Å². The van der Waals surface area contributed by atoms with Crippen molar-refractivity contribution in [1.29, 1.82) is 0 Å². The fraction of sp³-hybridized carbons (Fsp3) is 0.556. The van der Waals surface area contributed by atoms with Gasteiger partial charge >= 0.3 is 0 Å². The van der Waals surface area contributed by atoms with Crippen molar-refractivity contribution >= 4 is 17.2 Å². The van der Waals surface area contributed by atoms with Gasteiger partial charge in [-0.2, -0.15) is 0 Å². The monoisotopic (exact) mass is 360 g/mol. The van der Waals surface area contributed by atoms with Crippen LogP contribution in [0.15, 0.2) is 28.1 Å². The molecule has 0 atom stereocenters. The number of carbonyl (C=O) groups excluding carboxylic acids is 1. The minimum Gasteiger partial charge on any atom is -0.355 e. The van der Waals surface area contributed by atoms with E-state index < -0.39 is 0 Å². The molecule has 2 saturated heterocycles. The minimum absolute atomic E-state index is 0.294. The molecule has 0 spiro atoms.